The molecule has 0 unspecified atom stereocenters. The molecular formula is C60H58. The average molecular weight is 779 g/mol. The first-order chi connectivity index (χ1) is 28.3. The summed E-state index contributed by atoms with van der Waals surface area (Å²) < 4.78 is 0. The zero-order chi connectivity index (χ0) is 42.1. The van der Waals surface area contributed by atoms with Gasteiger partial charge in [0.25, 0.3) is 0 Å². The number of fused-ring (bicyclic) bond motifs is 21. The summed E-state index contributed by atoms with van der Waals surface area (Å²) in [6, 6.07) is 53.7. The fourth-order valence-electron chi connectivity index (χ4n) is 11.8. The zero-order valence-corrected chi connectivity index (χ0v) is 37.7. The summed E-state index contributed by atoms with van der Waals surface area (Å²) in [5.74, 6) is 0. The lowest BCUT2D eigenvalue weighted by molar-refractivity contribution is 0.584. The number of rotatable bonds is 0. The highest BCUT2D eigenvalue weighted by atomic mass is 14.6. The maximum absolute atomic E-state index is 2.61. The zero-order valence-electron chi connectivity index (χ0n) is 37.7. The van der Waals surface area contributed by atoms with Crippen molar-refractivity contribution in [2.24, 2.45) is 0 Å². The maximum Gasteiger partial charge on any atom is 0.0729 e. The van der Waals surface area contributed by atoms with Crippen molar-refractivity contribution in [1.82, 2.24) is 0 Å². The molecule has 0 fully saturated rings. The third kappa shape index (κ3) is 4.63. The van der Waals surface area contributed by atoms with Gasteiger partial charge in [-0.1, -0.05) is 217 Å². The molecule has 11 rings (SSSR count). The monoisotopic (exact) mass is 778 g/mol. The summed E-state index contributed by atoms with van der Waals surface area (Å²) in [6.07, 6.45) is 0. The van der Waals surface area contributed by atoms with E-state index in [2.05, 4.69) is 217 Å². The first-order valence-corrected chi connectivity index (χ1v) is 22.3. The highest BCUT2D eigenvalue weighted by molar-refractivity contribution is 6.03. The third-order valence-corrected chi connectivity index (χ3v) is 14.9. The molecule has 0 atom stereocenters. The second-order valence-electron chi connectivity index (χ2n) is 22.5. The standard InChI is InChI=1S/C60H58/c1-55(2,3)35-21-25-41-42-26-22-36(56(4,5)6)32-50(42)59(49(41)31-35)47-19-15-13-17-39(47)45-29-30-46-40-18-14-16-20-48(40)60(54(46)53(45)59)51-33-37(57(7,8)9)23-27-43(51)44-28-24-38(34-52(44)60)58(10,11)12/h13-34H,1-12H3. The van der Waals surface area contributed by atoms with Gasteiger partial charge in [-0.25, -0.2) is 0 Å². The first kappa shape index (κ1) is 37.5. The van der Waals surface area contributed by atoms with E-state index in [9.17, 15) is 0 Å². The number of hydrogen-bond acceptors (Lipinski definition) is 0. The second kappa shape index (κ2) is 11.7. The van der Waals surface area contributed by atoms with Crippen LogP contribution < -0.4 is 0 Å². The molecule has 4 aliphatic rings. The molecule has 298 valence electrons. The summed E-state index contributed by atoms with van der Waals surface area (Å²) in [5, 5.41) is 0. The molecule has 0 heteroatoms. The number of hydrogen-bond donors (Lipinski definition) is 0. The average Bonchev–Trinajstić information content (AvgIpc) is 3.87. The van der Waals surface area contributed by atoms with Crippen molar-refractivity contribution >= 4 is 0 Å². The van der Waals surface area contributed by atoms with Crippen molar-refractivity contribution in [2.75, 3.05) is 0 Å². The minimum atomic E-state index is -0.536. The van der Waals surface area contributed by atoms with Crippen LogP contribution in [0.25, 0.3) is 44.5 Å². The Morgan fingerprint density at radius 1 is 0.250 bits per heavy atom. The molecule has 0 saturated heterocycles. The van der Waals surface area contributed by atoms with Gasteiger partial charge in [-0.15, -0.1) is 0 Å². The molecule has 0 amide bonds. The molecule has 0 bridgehead atoms. The van der Waals surface area contributed by atoms with Crippen LogP contribution in [-0.4, -0.2) is 0 Å². The quantitative estimate of drug-likeness (QED) is 0.144. The maximum atomic E-state index is 2.61. The van der Waals surface area contributed by atoms with Gasteiger partial charge in [0.1, 0.15) is 0 Å². The highest BCUT2D eigenvalue weighted by Gasteiger charge is 2.60. The fraction of sp³-hybridized carbons (Fsp3) is 0.300. The lowest BCUT2D eigenvalue weighted by Gasteiger charge is -2.39. The predicted octanol–water partition coefficient (Wildman–Crippen LogP) is 15.6. The van der Waals surface area contributed by atoms with Crippen LogP contribution in [0.15, 0.2) is 133 Å². The molecule has 0 N–H and O–H groups in total. The third-order valence-electron chi connectivity index (χ3n) is 14.9. The van der Waals surface area contributed by atoms with Gasteiger partial charge in [0.15, 0.2) is 0 Å². The van der Waals surface area contributed by atoms with E-state index >= 15 is 0 Å². The Bertz CT molecular complexity index is 2670. The first-order valence-electron chi connectivity index (χ1n) is 22.3. The molecule has 0 radical (unpaired) electrons. The van der Waals surface area contributed by atoms with E-state index in [0.717, 1.165) is 0 Å². The van der Waals surface area contributed by atoms with E-state index in [4.69, 9.17) is 0 Å². The molecule has 0 saturated carbocycles. The van der Waals surface area contributed by atoms with E-state index < -0.39 is 10.8 Å². The van der Waals surface area contributed by atoms with Gasteiger partial charge in [-0.3, -0.25) is 0 Å². The van der Waals surface area contributed by atoms with Crippen LogP contribution in [0.4, 0.5) is 0 Å². The summed E-state index contributed by atoms with van der Waals surface area (Å²) in [7, 11) is 0. The Hall–Kier alpha value is -5.46. The van der Waals surface area contributed by atoms with Crippen molar-refractivity contribution < 1.29 is 0 Å². The van der Waals surface area contributed by atoms with Crippen molar-refractivity contribution in [3.8, 4) is 44.5 Å². The molecule has 0 aromatic heterocycles. The minimum Gasteiger partial charge on any atom is -0.0619 e. The molecule has 60 heavy (non-hydrogen) atoms. The van der Waals surface area contributed by atoms with Crippen molar-refractivity contribution in [3.63, 3.8) is 0 Å². The Morgan fingerprint density at radius 2 is 0.483 bits per heavy atom. The van der Waals surface area contributed by atoms with Gasteiger partial charge >= 0.3 is 0 Å². The highest BCUT2D eigenvalue weighted by Crippen LogP contribution is 2.71. The normalized spacial score (nSPS) is 15.9. The van der Waals surface area contributed by atoms with Crippen LogP contribution in [-0.2, 0) is 32.5 Å². The Labute approximate surface area is 358 Å². The number of benzene rings is 7. The van der Waals surface area contributed by atoms with Gasteiger partial charge in [0.2, 0.25) is 0 Å². The van der Waals surface area contributed by atoms with Crippen LogP contribution in [0.1, 0.15) is 150 Å². The van der Waals surface area contributed by atoms with Crippen LogP contribution in [0.3, 0.4) is 0 Å². The van der Waals surface area contributed by atoms with E-state index in [0.29, 0.717) is 0 Å². The molecule has 0 nitrogen and oxygen atoms in total. The Kier molecular flexibility index (Phi) is 7.30. The van der Waals surface area contributed by atoms with E-state index in [1.807, 2.05) is 0 Å². The summed E-state index contributed by atoms with van der Waals surface area (Å²) >= 11 is 0. The van der Waals surface area contributed by atoms with Crippen LogP contribution in [0, 0.1) is 0 Å². The molecular weight excluding hydrogens is 721 g/mol. The topological polar surface area (TPSA) is 0 Å². The fourth-order valence-corrected chi connectivity index (χ4v) is 11.8. The molecule has 7 aromatic rings. The van der Waals surface area contributed by atoms with Crippen LogP contribution in [0.2, 0.25) is 0 Å². The Balaban J connectivity index is 1.39. The van der Waals surface area contributed by atoms with Crippen LogP contribution >= 0.6 is 0 Å². The van der Waals surface area contributed by atoms with Crippen molar-refractivity contribution in [3.05, 3.63) is 200 Å². The van der Waals surface area contributed by atoms with Gasteiger partial charge in [-0.05, 0) is 133 Å². The molecule has 4 aliphatic carbocycles. The smallest absolute Gasteiger partial charge is 0.0619 e. The van der Waals surface area contributed by atoms with Gasteiger partial charge in [-0.2, -0.15) is 0 Å². The van der Waals surface area contributed by atoms with Crippen molar-refractivity contribution in [1.29, 1.82) is 0 Å². The SMILES string of the molecule is CC(C)(C)c1ccc2c(c1)C1(c3cc(C(C)(C)C)ccc3-2)c2ccccc2-c2ccc3c(c21)C1(c2cc(C(C)(C)C)ccc2-c2ccc(C(C)(C)C)cc21)c1ccccc1-3. The van der Waals surface area contributed by atoms with Crippen molar-refractivity contribution in [2.45, 2.75) is 116 Å². The lowest BCUT2D eigenvalue weighted by Crippen LogP contribution is -2.34. The van der Waals surface area contributed by atoms with Gasteiger partial charge in [0.05, 0.1) is 10.8 Å². The van der Waals surface area contributed by atoms with E-state index in [-0.39, 0.29) is 21.7 Å². The molecule has 2 spiro atoms. The van der Waals surface area contributed by atoms with Gasteiger partial charge in [0, 0.05) is 0 Å². The lowest BCUT2D eigenvalue weighted by atomic mass is 9.61. The van der Waals surface area contributed by atoms with E-state index in [1.165, 1.54) is 111 Å². The molecule has 0 heterocycles. The predicted molar refractivity (Wildman–Crippen MR) is 254 cm³/mol. The second-order valence-corrected chi connectivity index (χ2v) is 22.5. The summed E-state index contributed by atoms with van der Waals surface area (Å²) in [6.45, 7) is 28.4. The Morgan fingerprint density at radius 3 is 0.750 bits per heavy atom. The molecule has 0 aliphatic heterocycles. The summed E-state index contributed by atoms with van der Waals surface area (Å²) in [4.78, 5) is 0. The molecule has 7 aromatic carbocycles. The van der Waals surface area contributed by atoms with E-state index in [1.54, 1.807) is 0 Å². The summed E-state index contributed by atoms with van der Waals surface area (Å²) in [5.41, 5.74) is 26.7. The van der Waals surface area contributed by atoms with Crippen LogP contribution in [0.5, 0.6) is 0 Å². The minimum absolute atomic E-state index is 0.0192. The largest absolute Gasteiger partial charge is 0.0729 e. The van der Waals surface area contributed by atoms with Gasteiger partial charge < -0.3 is 0 Å².